The van der Waals surface area contributed by atoms with Crippen molar-refractivity contribution in [3.8, 4) is 11.5 Å². The number of aliphatic hydroxyl groups is 1. The molecule has 0 radical (unpaired) electrons. The van der Waals surface area contributed by atoms with E-state index in [-0.39, 0.29) is 17.9 Å². The molecular weight excluding hydrogens is 278 g/mol. The number of hydrogen-bond acceptors (Lipinski definition) is 4. The summed E-state index contributed by atoms with van der Waals surface area (Å²) in [6.07, 6.45) is 2.57. The van der Waals surface area contributed by atoms with Gasteiger partial charge in [0.15, 0.2) is 11.5 Å². The normalized spacial score (nSPS) is 28.3. The minimum absolute atomic E-state index is 0.212. The summed E-state index contributed by atoms with van der Waals surface area (Å²) in [5.41, 5.74) is 2.40. The van der Waals surface area contributed by atoms with Crippen LogP contribution in [0.5, 0.6) is 11.5 Å². The van der Waals surface area contributed by atoms with Crippen LogP contribution in [0.1, 0.15) is 43.9 Å². The summed E-state index contributed by atoms with van der Waals surface area (Å²) in [6.45, 7) is 6.41. The van der Waals surface area contributed by atoms with Crippen LogP contribution < -0.4 is 4.74 Å². The fourth-order valence-electron chi connectivity index (χ4n) is 4.11. The Labute approximate surface area is 132 Å². The van der Waals surface area contributed by atoms with Gasteiger partial charge in [0.25, 0.3) is 0 Å². The maximum Gasteiger partial charge on any atom is 0.160 e. The van der Waals surface area contributed by atoms with E-state index in [9.17, 15) is 10.2 Å². The number of rotatable bonds is 3. The van der Waals surface area contributed by atoms with E-state index in [4.69, 9.17) is 4.74 Å². The second kappa shape index (κ2) is 6.09. The van der Waals surface area contributed by atoms with Gasteiger partial charge in [-0.05, 0) is 54.4 Å². The van der Waals surface area contributed by atoms with Crippen LogP contribution >= 0.6 is 0 Å². The van der Waals surface area contributed by atoms with Gasteiger partial charge in [-0.3, -0.25) is 4.90 Å². The van der Waals surface area contributed by atoms with Crippen LogP contribution in [0.25, 0.3) is 0 Å². The molecule has 3 rings (SSSR count). The number of benzene rings is 1. The Hall–Kier alpha value is -1.26. The Morgan fingerprint density at radius 3 is 2.82 bits per heavy atom. The summed E-state index contributed by atoms with van der Waals surface area (Å²) < 4.78 is 5.26. The zero-order chi connectivity index (χ0) is 15.9. The fraction of sp³-hybridized carbons (Fsp3) is 0.667. The molecule has 0 aliphatic carbocycles. The maximum atomic E-state index is 10.6. The zero-order valence-electron chi connectivity index (χ0n) is 13.7. The molecule has 1 saturated heterocycles. The fourth-order valence-corrected chi connectivity index (χ4v) is 4.11. The average molecular weight is 305 g/mol. The van der Waals surface area contributed by atoms with Crippen LogP contribution in [0.4, 0.5) is 0 Å². The number of fused-ring (bicyclic) bond motifs is 3. The number of ether oxygens (including phenoxy) is 1. The standard InChI is InChI=1S/C18H27NO3/c1-11(2)6-13-10-19-5-4-12-7-17(21)18(22-3)8-14(12)15(19)9-16(13)20/h7-8,11,13,15-16,20-21H,4-6,9-10H2,1-3H3/t13?,15?,16-/m1/s1. The molecule has 3 atom stereocenters. The van der Waals surface area contributed by atoms with E-state index < -0.39 is 0 Å². The van der Waals surface area contributed by atoms with Crippen LogP contribution in [-0.2, 0) is 6.42 Å². The third-order valence-corrected chi connectivity index (χ3v) is 5.16. The first-order valence-electron chi connectivity index (χ1n) is 8.31. The van der Waals surface area contributed by atoms with Crippen molar-refractivity contribution >= 4 is 0 Å². The molecule has 4 nitrogen and oxygen atoms in total. The molecule has 22 heavy (non-hydrogen) atoms. The van der Waals surface area contributed by atoms with E-state index in [0.29, 0.717) is 17.6 Å². The highest BCUT2D eigenvalue weighted by Gasteiger charge is 2.38. The predicted octanol–water partition coefficient (Wildman–Crippen LogP) is 2.73. The zero-order valence-corrected chi connectivity index (χ0v) is 13.7. The van der Waals surface area contributed by atoms with Gasteiger partial charge in [-0.25, -0.2) is 0 Å². The minimum Gasteiger partial charge on any atom is -0.504 e. The minimum atomic E-state index is -0.241. The number of phenolic OH excluding ortho intramolecular Hbond substituents is 1. The number of hydrogen-bond donors (Lipinski definition) is 2. The maximum absolute atomic E-state index is 10.6. The average Bonchev–Trinajstić information content (AvgIpc) is 2.47. The molecule has 0 aromatic heterocycles. The molecule has 1 aromatic carbocycles. The number of methoxy groups -OCH3 is 1. The molecule has 2 N–H and O–H groups in total. The topological polar surface area (TPSA) is 52.9 Å². The molecule has 2 aliphatic heterocycles. The van der Waals surface area contributed by atoms with Gasteiger partial charge in [-0.1, -0.05) is 13.8 Å². The molecule has 2 heterocycles. The smallest absolute Gasteiger partial charge is 0.160 e. The SMILES string of the molecule is COc1cc2c(cc1O)CCN1CC(CC(C)C)[C@H](O)CC21. The molecule has 2 unspecified atom stereocenters. The molecule has 0 saturated carbocycles. The van der Waals surface area contributed by atoms with Gasteiger partial charge in [0, 0.05) is 19.1 Å². The summed E-state index contributed by atoms with van der Waals surface area (Å²) in [4.78, 5) is 2.50. The van der Waals surface area contributed by atoms with Gasteiger partial charge in [0.2, 0.25) is 0 Å². The van der Waals surface area contributed by atoms with Crippen LogP contribution in [0.2, 0.25) is 0 Å². The van der Waals surface area contributed by atoms with E-state index in [1.807, 2.05) is 12.1 Å². The third-order valence-electron chi connectivity index (χ3n) is 5.16. The van der Waals surface area contributed by atoms with Gasteiger partial charge in [0.05, 0.1) is 13.2 Å². The molecule has 0 amide bonds. The second-order valence-corrected chi connectivity index (χ2v) is 7.18. The van der Waals surface area contributed by atoms with Crippen LogP contribution in [0.15, 0.2) is 12.1 Å². The van der Waals surface area contributed by atoms with Crippen molar-refractivity contribution in [2.24, 2.45) is 11.8 Å². The summed E-state index contributed by atoms with van der Waals surface area (Å²) in [6, 6.07) is 4.03. The number of piperidine rings is 1. The monoisotopic (exact) mass is 305 g/mol. The van der Waals surface area contributed by atoms with E-state index in [2.05, 4.69) is 18.7 Å². The molecule has 4 heteroatoms. The highest BCUT2D eigenvalue weighted by atomic mass is 16.5. The molecule has 2 aliphatic rings. The largest absolute Gasteiger partial charge is 0.504 e. The molecular formula is C18H27NO3. The van der Waals surface area contributed by atoms with E-state index in [1.165, 1.54) is 11.1 Å². The number of nitrogens with zero attached hydrogens (tertiary/aromatic N) is 1. The third kappa shape index (κ3) is 2.82. The van der Waals surface area contributed by atoms with Crippen molar-refractivity contribution in [3.05, 3.63) is 23.3 Å². The van der Waals surface area contributed by atoms with Gasteiger partial charge in [-0.2, -0.15) is 0 Å². The van der Waals surface area contributed by atoms with Gasteiger partial charge in [-0.15, -0.1) is 0 Å². The highest BCUT2D eigenvalue weighted by Crippen LogP contribution is 2.43. The number of phenols is 1. The lowest BCUT2D eigenvalue weighted by Crippen LogP contribution is -2.48. The predicted molar refractivity (Wildman–Crippen MR) is 86.2 cm³/mol. The lowest BCUT2D eigenvalue weighted by atomic mass is 9.79. The van der Waals surface area contributed by atoms with Crippen LogP contribution in [0.3, 0.4) is 0 Å². The molecule has 1 aromatic rings. The van der Waals surface area contributed by atoms with Crippen LogP contribution in [0, 0.1) is 11.8 Å². The van der Waals surface area contributed by atoms with Crippen LogP contribution in [-0.4, -0.2) is 41.4 Å². The first-order chi connectivity index (χ1) is 10.5. The first kappa shape index (κ1) is 15.6. The van der Waals surface area contributed by atoms with Crippen molar-refractivity contribution in [1.29, 1.82) is 0 Å². The Kier molecular flexibility index (Phi) is 4.33. The summed E-state index contributed by atoms with van der Waals surface area (Å²) in [5, 5.41) is 20.5. The number of aliphatic hydroxyl groups excluding tert-OH is 1. The molecule has 0 spiro atoms. The lowest BCUT2D eigenvalue weighted by molar-refractivity contribution is -0.0191. The van der Waals surface area contributed by atoms with Gasteiger partial charge < -0.3 is 14.9 Å². The van der Waals surface area contributed by atoms with Crippen molar-refractivity contribution in [1.82, 2.24) is 4.90 Å². The highest BCUT2D eigenvalue weighted by molar-refractivity contribution is 5.48. The quantitative estimate of drug-likeness (QED) is 0.901. The van der Waals surface area contributed by atoms with E-state index in [1.54, 1.807) is 7.11 Å². The Morgan fingerprint density at radius 2 is 2.14 bits per heavy atom. The number of aromatic hydroxyl groups is 1. The Bertz CT molecular complexity index is 543. The van der Waals surface area contributed by atoms with Gasteiger partial charge >= 0.3 is 0 Å². The van der Waals surface area contributed by atoms with E-state index >= 15 is 0 Å². The molecule has 1 fully saturated rings. The first-order valence-corrected chi connectivity index (χ1v) is 8.31. The summed E-state index contributed by atoms with van der Waals surface area (Å²) in [5.74, 6) is 1.73. The summed E-state index contributed by atoms with van der Waals surface area (Å²) >= 11 is 0. The van der Waals surface area contributed by atoms with Crippen molar-refractivity contribution < 1.29 is 14.9 Å². The molecule has 0 bridgehead atoms. The van der Waals surface area contributed by atoms with E-state index in [0.717, 1.165) is 32.4 Å². The Morgan fingerprint density at radius 1 is 1.36 bits per heavy atom. The second-order valence-electron chi connectivity index (χ2n) is 7.18. The Balaban J connectivity index is 1.86. The lowest BCUT2D eigenvalue weighted by Gasteiger charge is -2.46. The van der Waals surface area contributed by atoms with Crippen molar-refractivity contribution in [2.45, 2.75) is 45.3 Å². The van der Waals surface area contributed by atoms with Crippen molar-refractivity contribution in [2.75, 3.05) is 20.2 Å². The summed E-state index contributed by atoms with van der Waals surface area (Å²) in [7, 11) is 1.58. The van der Waals surface area contributed by atoms with Crippen molar-refractivity contribution in [3.63, 3.8) is 0 Å². The molecule has 122 valence electrons. The van der Waals surface area contributed by atoms with Gasteiger partial charge in [0.1, 0.15) is 0 Å².